The minimum absolute atomic E-state index is 0.0138. The Labute approximate surface area is 98.6 Å². The van der Waals surface area contributed by atoms with Gasteiger partial charge in [0.2, 0.25) is 10.0 Å². The first-order chi connectivity index (χ1) is 7.10. The maximum Gasteiger partial charge on any atom is 0.224 e. The lowest BCUT2D eigenvalue weighted by atomic mass is 10.1. The summed E-state index contributed by atoms with van der Waals surface area (Å²) in [6.07, 6.45) is 1.48. The molecule has 0 saturated carbocycles. The van der Waals surface area contributed by atoms with Crippen LogP contribution in [0.25, 0.3) is 0 Å². The predicted octanol–water partition coefficient (Wildman–Crippen LogP) is 0.142. The van der Waals surface area contributed by atoms with Crippen molar-refractivity contribution in [3.8, 4) is 0 Å². The molecule has 1 rings (SSSR count). The molecule has 0 bridgehead atoms. The number of alkyl halides is 1. The quantitative estimate of drug-likeness (QED) is 0.734. The summed E-state index contributed by atoms with van der Waals surface area (Å²) < 4.78 is 29.7. The van der Waals surface area contributed by atoms with Crippen LogP contribution >= 0.6 is 15.9 Å². The maximum atomic E-state index is 11.5. The molecule has 1 aliphatic heterocycles. The van der Waals surface area contributed by atoms with Crippen molar-refractivity contribution < 1.29 is 18.3 Å². The Kier molecular flexibility index (Phi) is 5.48. The molecule has 15 heavy (non-hydrogen) atoms. The van der Waals surface area contributed by atoms with E-state index in [1.54, 1.807) is 0 Å². The van der Waals surface area contributed by atoms with Gasteiger partial charge in [-0.05, 0) is 12.8 Å². The number of halogens is 1. The van der Waals surface area contributed by atoms with Crippen molar-refractivity contribution in [3.05, 3.63) is 0 Å². The molecule has 1 saturated heterocycles. The number of aliphatic hydroxyl groups excluding tert-OH is 1. The molecule has 0 aliphatic carbocycles. The van der Waals surface area contributed by atoms with E-state index in [-0.39, 0.29) is 17.4 Å². The molecule has 1 aliphatic rings. The van der Waals surface area contributed by atoms with E-state index >= 15 is 0 Å². The van der Waals surface area contributed by atoms with Crippen LogP contribution in [0.1, 0.15) is 12.8 Å². The number of aliphatic hydroxyl groups is 1. The molecule has 1 N–H and O–H groups in total. The number of piperidine rings is 1. The molecular weight excluding hydrogens is 286 g/mol. The SMILES string of the molecule is O=S(=O)(CBr)N1CCC(OCCO)CC1. The van der Waals surface area contributed by atoms with Crippen molar-refractivity contribution in [2.45, 2.75) is 18.9 Å². The molecule has 90 valence electrons. The van der Waals surface area contributed by atoms with Crippen molar-refractivity contribution in [3.63, 3.8) is 0 Å². The molecule has 0 aromatic carbocycles. The summed E-state index contributed by atoms with van der Waals surface area (Å²) in [6, 6.07) is 0. The van der Waals surface area contributed by atoms with Crippen molar-refractivity contribution >= 4 is 26.0 Å². The molecule has 0 unspecified atom stereocenters. The first-order valence-electron chi connectivity index (χ1n) is 4.86. The van der Waals surface area contributed by atoms with E-state index in [0.717, 1.165) is 0 Å². The summed E-state index contributed by atoms with van der Waals surface area (Å²) in [7, 11) is -3.12. The third kappa shape index (κ3) is 3.99. The van der Waals surface area contributed by atoms with Gasteiger partial charge in [-0.1, -0.05) is 15.9 Å². The largest absolute Gasteiger partial charge is 0.394 e. The van der Waals surface area contributed by atoms with Crippen LogP contribution in [0.5, 0.6) is 0 Å². The second-order valence-corrected chi connectivity index (χ2v) is 6.69. The van der Waals surface area contributed by atoms with E-state index in [1.807, 2.05) is 0 Å². The summed E-state index contributed by atoms with van der Waals surface area (Å²) in [5, 5.41) is 8.58. The van der Waals surface area contributed by atoms with Gasteiger partial charge in [0.05, 0.1) is 19.3 Å². The zero-order valence-corrected chi connectivity index (χ0v) is 10.8. The highest BCUT2D eigenvalue weighted by Gasteiger charge is 2.27. The van der Waals surface area contributed by atoms with Crippen LogP contribution in [-0.4, -0.2) is 54.9 Å². The zero-order chi connectivity index (χ0) is 11.3. The van der Waals surface area contributed by atoms with Gasteiger partial charge in [-0.3, -0.25) is 0 Å². The predicted molar refractivity (Wildman–Crippen MR) is 60.3 cm³/mol. The van der Waals surface area contributed by atoms with Crippen LogP contribution in [0.15, 0.2) is 0 Å². The van der Waals surface area contributed by atoms with E-state index in [2.05, 4.69) is 15.9 Å². The second-order valence-electron chi connectivity index (χ2n) is 3.41. The lowest BCUT2D eigenvalue weighted by Crippen LogP contribution is -2.41. The monoisotopic (exact) mass is 301 g/mol. The number of hydrogen-bond acceptors (Lipinski definition) is 4. The third-order valence-corrected chi connectivity index (χ3v) is 5.54. The van der Waals surface area contributed by atoms with Gasteiger partial charge in [0.1, 0.15) is 4.66 Å². The van der Waals surface area contributed by atoms with Gasteiger partial charge in [0.15, 0.2) is 0 Å². The summed E-state index contributed by atoms with van der Waals surface area (Å²) in [5.41, 5.74) is 0. The van der Waals surface area contributed by atoms with Gasteiger partial charge in [0, 0.05) is 13.1 Å². The fourth-order valence-electron chi connectivity index (χ4n) is 1.57. The van der Waals surface area contributed by atoms with Crippen molar-refractivity contribution in [2.24, 2.45) is 0 Å². The number of sulfonamides is 1. The lowest BCUT2D eigenvalue weighted by molar-refractivity contribution is 0.00325. The smallest absolute Gasteiger partial charge is 0.224 e. The van der Waals surface area contributed by atoms with Gasteiger partial charge < -0.3 is 9.84 Å². The Bertz CT molecular complexity index is 274. The van der Waals surface area contributed by atoms with E-state index < -0.39 is 10.0 Å². The van der Waals surface area contributed by atoms with Crippen LogP contribution in [0, 0.1) is 0 Å². The Morgan fingerprint density at radius 3 is 2.47 bits per heavy atom. The summed E-state index contributed by atoms with van der Waals surface area (Å²) >= 11 is 2.97. The van der Waals surface area contributed by atoms with Gasteiger partial charge in [-0.2, -0.15) is 0 Å². The van der Waals surface area contributed by atoms with E-state index in [1.165, 1.54) is 4.31 Å². The van der Waals surface area contributed by atoms with Crippen LogP contribution in [0.4, 0.5) is 0 Å². The first-order valence-corrected chi connectivity index (χ1v) is 7.59. The number of nitrogens with zero attached hydrogens (tertiary/aromatic N) is 1. The number of hydrogen-bond donors (Lipinski definition) is 1. The highest BCUT2D eigenvalue weighted by atomic mass is 79.9. The molecule has 0 atom stereocenters. The molecule has 0 radical (unpaired) electrons. The molecule has 1 fully saturated rings. The molecule has 1 heterocycles. The van der Waals surface area contributed by atoms with Gasteiger partial charge >= 0.3 is 0 Å². The number of rotatable bonds is 5. The molecule has 7 heteroatoms. The molecular formula is C8H16BrNO4S. The van der Waals surface area contributed by atoms with Crippen LogP contribution in [0.3, 0.4) is 0 Å². The molecule has 0 amide bonds. The molecule has 0 spiro atoms. The standard InChI is InChI=1S/C8H16BrNO4S/c9-7-15(12,13)10-3-1-8(2-4-10)14-6-5-11/h8,11H,1-7H2. The summed E-state index contributed by atoms with van der Waals surface area (Å²) in [6.45, 7) is 1.35. The fraction of sp³-hybridized carbons (Fsp3) is 1.00. The minimum atomic E-state index is -3.12. The van der Waals surface area contributed by atoms with Crippen molar-refractivity contribution in [1.29, 1.82) is 0 Å². The van der Waals surface area contributed by atoms with Crippen molar-refractivity contribution in [2.75, 3.05) is 31.0 Å². The topological polar surface area (TPSA) is 66.8 Å². The Morgan fingerprint density at radius 2 is 2.00 bits per heavy atom. The zero-order valence-electron chi connectivity index (χ0n) is 8.43. The fourth-order valence-corrected chi connectivity index (χ4v) is 3.34. The van der Waals surface area contributed by atoms with E-state index in [4.69, 9.17) is 9.84 Å². The summed E-state index contributed by atoms with van der Waals surface area (Å²) in [4.78, 5) is 0. The number of ether oxygens (including phenoxy) is 1. The van der Waals surface area contributed by atoms with Crippen LogP contribution < -0.4 is 0 Å². The normalized spacial score (nSPS) is 20.7. The maximum absolute atomic E-state index is 11.5. The van der Waals surface area contributed by atoms with E-state index in [0.29, 0.717) is 32.5 Å². The molecule has 0 aromatic heterocycles. The second kappa shape index (κ2) is 6.15. The average Bonchev–Trinajstić information content (AvgIpc) is 2.27. The van der Waals surface area contributed by atoms with Gasteiger partial charge in [-0.25, -0.2) is 12.7 Å². The van der Waals surface area contributed by atoms with Gasteiger partial charge in [-0.15, -0.1) is 0 Å². The van der Waals surface area contributed by atoms with Gasteiger partial charge in [0.25, 0.3) is 0 Å². The van der Waals surface area contributed by atoms with Crippen molar-refractivity contribution in [1.82, 2.24) is 4.31 Å². The third-order valence-electron chi connectivity index (χ3n) is 2.38. The van der Waals surface area contributed by atoms with Crippen LogP contribution in [0.2, 0.25) is 0 Å². The average molecular weight is 302 g/mol. The highest BCUT2D eigenvalue weighted by molar-refractivity contribution is 9.10. The molecule has 5 nitrogen and oxygen atoms in total. The first kappa shape index (κ1) is 13.4. The Balaban J connectivity index is 2.36. The summed E-state index contributed by atoms with van der Waals surface area (Å²) in [5.74, 6) is 0. The van der Waals surface area contributed by atoms with Crippen LogP contribution in [-0.2, 0) is 14.8 Å². The molecule has 0 aromatic rings. The Morgan fingerprint density at radius 1 is 1.40 bits per heavy atom. The minimum Gasteiger partial charge on any atom is -0.394 e. The van der Waals surface area contributed by atoms with E-state index in [9.17, 15) is 8.42 Å². The Hall–Kier alpha value is 0.310. The lowest BCUT2D eigenvalue weighted by Gasteiger charge is -2.30. The highest BCUT2D eigenvalue weighted by Crippen LogP contribution is 2.17.